The van der Waals surface area contributed by atoms with Crippen LogP contribution in [0.2, 0.25) is 0 Å². The summed E-state index contributed by atoms with van der Waals surface area (Å²) in [7, 11) is 0. The molecule has 2 aromatic heterocycles. The number of amides is 1. The zero-order chi connectivity index (χ0) is 19.2. The van der Waals surface area contributed by atoms with E-state index in [4.69, 9.17) is 4.74 Å². The van der Waals surface area contributed by atoms with Crippen molar-refractivity contribution in [1.29, 1.82) is 0 Å². The molecule has 7 nitrogen and oxygen atoms in total. The minimum atomic E-state index is -2.81. The fourth-order valence-electron chi connectivity index (χ4n) is 3.13. The number of benzene rings is 1. The summed E-state index contributed by atoms with van der Waals surface area (Å²) in [5.41, 5.74) is -0.0806. The maximum Gasteiger partial charge on any atom is 0.265 e. The molecule has 0 radical (unpaired) electrons. The molecule has 4 rings (SSSR count). The second-order valence-electron chi connectivity index (χ2n) is 6.63. The van der Waals surface area contributed by atoms with Crippen LogP contribution in [0.5, 0.6) is 5.75 Å². The minimum absolute atomic E-state index is 0.00480. The minimum Gasteiger partial charge on any atom is -0.485 e. The maximum absolute atomic E-state index is 13.5. The van der Waals surface area contributed by atoms with Gasteiger partial charge in [-0.25, -0.2) is 18.3 Å². The van der Waals surface area contributed by atoms with Gasteiger partial charge in [0.05, 0.1) is 18.5 Å². The van der Waals surface area contributed by atoms with Gasteiger partial charge in [0.1, 0.15) is 16.9 Å². The molecule has 3 heterocycles. The number of hydrogen-bond acceptors (Lipinski definition) is 5. The molecule has 2 N–H and O–H groups in total. The van der Waals surface area contributed by atoms with Gasteiger partial charge in [0.2, 0.25) is 0 Å². The summed E-state index contributed by atoms with van der Waals surface area (Å²) in [6, 6.07) is 4.34. The Kier molecular flexibility index (Phi) is 4.03. The maximum atomic E-state index is 13.5. The zero-order valence-corrected chi connectivity index (χ0v) is 14.3. The molecule has 1 amide bonds. The Hall–Kier alpha value is -3.07. The lowest BCUT2D eigenvalue weighted by Crippen LogP contribution is -2.34. The smallest absolute Gasteiger partial charge is 0.265 e. The van der Waals surface area contributed by atoms with Gasteiger partial charge in [-0.3, -0.25) is 4.79 Å². The van der Waals surface area contributed by atoms with E-state index in [0.29, 0.717) is 17.6 Å². The molecule has 3 aromatic rings. The number of nitrogens with one attached hydrogen (secondary N) is 1. The number of aliphatic hydroxyl groups excluding tert-OH is 1. The summed E-state index contributed by atoms with van der Waals surface area (Å²) < 4.78 is 34.1. The molecule has 27 heavy (non-hydrogen) atoms. The number of aromatic nitrogens is 3. The predicted octanol–water partition coefficient (Wildman–Crippen LogP) is 2.61. The monoisotopic (exact) mass is 374 g/mol. The molecule has 1 aromatic carbocycles. The van der Waals surface area contributed by atoms with Gasteiger partial charge in [-0.2, -0.15) is 5.10 Å². The van der Waals surface area contributed by atoms with Crippen molar-refractivity contribution in [3.63, 3.8) is 0 Å². The number of carbonyl (C=O) groups is 1. The van der Waals surface area contributed by atoms with E-state index >= 15 is 0 Å². The topological polar surface area (TPSA) is 88.8 Å². The first kappa shape index (κ1) is 17.3. The molecule has 0 unspecified atom stereocenters. The normalized spacial score (nSPS) is 18.6. The summed E-state index contributed by atoms with van der Waals surface area (Å²) >= 11 is 0. The molecule has 0 bridgehead atoms. The highest BCUT2D eigenvalue weighted by Gasteiger charge is 2.36. The van der Waals surface area contributed by atoms with Crippen molar-refractivity contribution in [2.45, 2.75) is 25.4 Å². The molecule has 0 fully saturated rings. The Morgan fingerprint density at radius 1 is 1.48 bits per heavy atom. The molecule has 0 saturated heterocycles. The van der Waals surface area contributed by atoms with E-state index in [9.17, 15) is 18.7 Å². The van der Waals surface area contributed by atoms with E-state index in [1.807, 2.05) is 0 Å². The molecule has 0 aliphatic carbocycles. The molecule has 1 aliphatic heterocycles. The van der Waals surface area contributed by atoms with Gasteiger partial charge >= 0.3 is 0 Å². The Bertz CT molecular complexity index is 1040. The number of nitrogens with zero attached hydrogens (tertiary/aromatic N) is 3. The number of halogens is 2. The van der Waals surface area contributed by atoms with Crippen LogP contribution in [0.3, 0.4) is 0 Å². The average molecular weight is 374 g/mol. The highest BCUT2D eigenvalue weighted by atomic mass is 19.3. The van der Waals surface area contributed by atoms with Crippen molar-refractivity contribution >= 4 is 17.2 Å². The van der Waals surface area contributed by atoms with Gasteiger partial charge in [-0.1, -0.05) is 0 Å². The second kappa shape index (κ2) is 6.27. The van der Waals surface area contributed by atoms with Crippen LogP contribution in [-0.4, -0.2) is 37.8 Å². The van der Waals surface area contributed by atoms with Crippen LogP contribution in [-0.2, 0) is 6.42 Å². The number of ether oxygens (including phenoxy) is 1. The summed E-state index contributed by atoms with van der Waals surface area (Å²) in [4.78, 5) is 16.7. The molecule has 0 spiro atoms. The quantitative estimate of drug-likeness (QED) is 0.733. The van der Waals surface area contributed by atoms with Gasteiger partial charge < -0.3 is 15.2 Å². The number of hydrogen-bond donors (Lipinski definition) is 2. The SMILES string of the molecule is C[C@]1(CO)Cc2cc(NC(=O)c3cnn4cccnc34)c(C(F)F)cc2O1. The van der Waals surface area contributed by atoms with Crippen molar-refractivity contribution in [2.75, 3.05) is 11.9 Å². The first-order valence-corrected chi connectivity index (χ1v) is 8.25. The van der Waals surface area contributed by atoms with Crippen LogP contribution < -0.4 is 10.1 Å². The van der Waals surface area contributed by atoms with Crippen LogP contribution in [0.15, 0.2) is 36.8 Å². The number of carbonyl (C=O) groups excluding carboxylic acids is 1. The van der Waals surface area contributed by atoms with E-state index in [1.54, 1.807) is 19.2 Å². The first-order valence-electron chi connectivity index (χ1n) is 8.25. The van der Waals surface area contributed by atoms with Crippen LogP contribution >= 0.6 is 0 Å². The summed E-state index contributed by atoms with van der Waals surface area (Å²) in [6.07, 6.45) is 2.02. The number of fused-ring (bicyclic) bond motifs is 2. The fourth-order valence-corrected chi connectivity index (χ4v) is 3.13. The van der Waals surface area contributed by atoms with Gasteiger partial charge in [0, 0.05) is 29.9 Å². The van der Waals surface area contributed by atoms with Crippen molar-refractivity contribution in [1.82, 2.24) is 14.6 Å². The average Bonchev–Trinajstić information content (AvgIpc) is 3.21. The van der Waals surface area contributed by atoms with Crippen LogP contribution in [0.25, 0.3) is 5.65 Å². The number of alkyl halides is 2. The molecule has 0 saturated carbocycles. The highest BCUT2D eigenvalue weighted by molar-refractivity contribution is 6.08. The van der Waals surface area contributed by atoms with Crippen molar-refractivity contribution in [3.8, 4) is 5.75 Å². The Morgan fingerprint density at radius 2 is 2.30 bits per heavy atom. The molecule has 9 heteroatoms. The molecule has 1 atom stereocenters. The van der Waals surface area contributed by atoms with Crippen LogP contribution in [0, 0.1) is 0 Å². The highest BCUT2D eigenvalue weighted by Crippen LogP contribution is 2.41. The Morgan fingerprint density at radius 3 is 3.04 bits per heavy atom. The Labute approximate surface area is 152 Å². The zero-order valence-electron chi connectivity index (χ0n) is 14.3. The van der Waals surface area contributed by atoms with Crippen LogP contribution in [0.1, 0.15) is 34.8 Å². The Balaban J connectivity index is 1.69. The third kappa shape index (κ3) is 2.99. The first-order chi connectivity index (χ1) is 12.9. The second-order valence-corrected chi connectivity index (χ2v) is 6.63. The standard InChI is InChI=1S/C18H16F2N4O3/c1-18(9-25)7-10-5-13(11(15(19)20)6-14(10)27-18)23-17(26)12-8-22-24-4-2-3-21-16(12)24/h2-6,8,15,25H,7,9H2,1H3,(H,23,26)/t18-/m1/s1. The lowest BCUT2D eigenvalue weighted by molar-refractivity contribution is 0.0444. The van der Waals surface area contributed by atoms with Gasteiger partial charge in [-0.15, -0.1) is 0 Å². The van der Waals surface area contributed by atoms with Crippen LogP contribution in [0.4, 0.5) is 14.5 Å². The van der Waals surface area contributed by atoms with Crippen molar-refractivity contribution in [3.05, 3.63) is 53.5 Å². The van der Waals surface area contributed by atoms with Crippen molar-refractivity contribution < 1.29 is 23.4 Å². The number of rotatable bonds is 4. The fraction of sp³-hybridized carbons (Fsp3) is 0.278. The van der Waals surface area contributed by atoms with Gasteiger partial charge in [0.25, 0.3) is 12.3 Å². The van der Waals surface area contributed by atoms with E-state index in [-0.39, 0.29) is 29.2 Å². The largest absolute Gasteiger partial charge is 0.485 e. The van der Waals surface area contributed by atoms with E-state index < -0.39 is 17.9 Å². The van der Waals surface area contributed by atoms with Crippen molar-refractivity contribution in [2.24, 2.45) is 0 Å². The van der Waals surface area contributed by atoms with E-state index in [1.165, 1.54) is 29.0 Å². The van der Waals surface area contributed by atoms with E-state index in [2.05, 4.69) is 15.4 Å². The predicted molar refractivity (Wildman–Crippen MR) is 92.2 cm³/mol. The van der Waals surface area contributed by atoms with E-state index in [0.717, 1.165) is 0 Å². The number of aliphatic hydroxyl groups is 1. The molecule has 140 valence electrons. The number of anilines is 1. The third-order valence-electron chi connectivity index (χ3n) is 4.50. The molecule has 1 aliphatic rings. The summed E-state index contributed by atoms with van der Waals surface area (Å²) in [5.74, 6) is -0.299. The summed E-state index contributed by atoms with van der Waals surface area (Å²) in [6.45, 7) is 1.44. The molecular formula is C18H16F2N4O3. The lowest BCUT2D eigenvalue weighted by atomic mass is 9.98. The van der Waals surface area contributed by atoms with Gasteiger partial charge in [-0.05, 0) is 25.1 Å². The lowest BCUT2D eigenvalue weighted by Gasteiger charge is -2.20. The summed E-state index contributed by atoms with van der Waals surface area (Å²) in [5, 5.41) is 16.0. The third-order valence-corrected chi connectivity index (χ3v) is 4.50. The van der Waals surface area contributed by atoms with Gasteiger partial charge in [0.15, 0.2) is 5.65 Å². The molecular weight excluding hydrogens is 358 g/mol.